The lowest BCUT2D eigenvalue weighted by Gasteiger charge is -2.08. The van der Waals surface area contributed by atoms with E-state index in [9.17, 15) is 4.79 Å². The Morgan fingerprint density at radius 1 is 1.32 bits per heavy atom. The van der Waals surface area contributed by atoms with Crippen molar-refractivity contribution in [3.63, 3.8) is 0 Å². The van der Waals surface area contributed by atoms with Crippen LogP contribution in [0.25, 0.3) is 0 Å². The van der Waals surface area contributed by atoms with Crippen molar-refractivity contribution < 1.29 is 9.53 Å². The minimum atomic E-state index is -0.322. The van der Waals surface area contributed by atoms with Crippen LogP contribution in [-0.4, -0.2) is 20.7 Å². The smallest absolute Gasteiger partial charge is 0.277 e. The molecule has 2 heterocycles. The molecular weight excluding hydrogens is 383 g/mol. The Labute approximate surface area is 158 Å². The molecule has 1 N–H and O–H groups in total. The molecule has 0 saturated carbocycles. The van der Waals surface area contributed by atoms with Gasteiger partial charge in [0.05, 0.1) is 10.7 Å². The molecule has 3 rings (SSSR count). The predicted octanol–water partition coefficient (Wildman–Crippen LogP) is 4.55. The van der Waals surface area contributed by atoms with E-state index in [1.807, 2.05) is 13.8 Å². The van der Waals surface area contributed by atoms with Crippen molar-refractivity contribution in [2.75, 3.05) is 5.32 Å². The highest BCUT2D eigenvalue weighted by Gasteiger charge is 2.13. The number of halogens is 2. The molecule has 0 atom stereocenters. The Morgan fingerprint density at radius 3 is 2.80 bits per heavy atom. The summed E-state index contributed by atoms with van der Waals surface area (Å²) in [7, 11) is 0. The van der Waals surface area contributed by atoms with E-state index in [1.165, 1.54) is 16.0 Å². The molecule has 9 heteroatoms. The molecule has 6 nitrogen and oxygen atoms in total. The van der Waals surface area contributed by atoms with Gasteiger partial charge in [-0.2, -0.15) is 5.10 Å². The number of ether oxygens (including phenoxy) is 1. The van der Waals surface area contributed by atoms with Gasteiger partial charge in [-0.05, 0) is 38.1 Å². The van der Waals surface area contributed by atoms with Crippen LogP contribution in [0.15, 0.2) is 30.5 Å². The van der Waals surface area contributed by atoms with Crippen LogP contribution in [0.3, 0.4) is 0 Å². The topological polar surface area (TPSA) is 69.0 Å². The van der Waals surface area contributed by atoms with Gasteiger partial charge in [-0.1, -0.05) is 23.2 Å². The third-order valence-electron chi connectivity index (χ3n) is 3.37. The molecule has 0 aliphatic rings. The fraction of sp³-hybridized carbons (Fsp3) is 0.188. The summed E-state index contributed by atoms with van der Waals surface area (Å²) in [4.78, 5) is 17.6. The number of rotatable bonds is 5. The van der Waals surface area contributed by atoms with Crippen molar-refractivity contribution >= 4 is 45.6 Å². The second-order valence-electron chi connectivity index (χ2n) is 5.20. The van der Waals surface area contributed by atoms with Crippen LogP contribution in [0, 0.1) is 13.8 Å². The van der Waals surface area contributed by atoms with Crippen LogP contribution in [0.2, 0.25) is 10.0 Å². The molecule has 3 aromatic rings. The van der Waals surface area contributed by atoms with E-state index < -0.39 is 0 Å². The summed E-state index contributed by atoms with van der Waals surface area (Å²) >= 11 is 13.3. The maximum Gasteiger partial charge on any atom is 0.277 e. The molecule has 130 valence electrons. The average molecular weight is 397 g/mol. The molecule has 0 bridgehead atoms. The maximum absolute atomic E-state index is 12.2. The number of aryl methyl sites for hydroxylation is 2. The third-order valence-corrected chi connectivity index (χ3v) is 4.89. The Morgan fingerprint density at radius 2 is 2.12 bits per heavy atom. The Bertz CT molecular complexity index is 903. The van der Waals surface area contributed by atoms with Crippen LogP contribution in [0.1, 0.15) is 21.1 Å². The van der Waals surface area contributed by atoms with Gasteiger partial charge in [0.15, 0.2) is 17.6 Å². The number of carbonyl (C=O) groups is 1. The lowest BCUT2D eigenvalue weighted by Crippen LogP contribution is -2.14. The van der Waals surface area contributed by atoms with Gasteiger partial charge >= 0.3 is 0 Å². The molecule has 25 heavy (non-hydrogen) atoms. The number of benzene rings is 1. The number of amides is 1. The van der Waals surface area contributed by atoms with Gasteiger partial charge in [0.1, 0.15) is 5.75 Å². The molecule has 2 aromatic heterocycles. The van der Waals surface area contributed by atoms with Gasteiger partial charge < -0.3 is 4.74 Å². The molecule has 1 amide bonds. The minimum Gasteiger partial charge on any atom is -0.470 e. The van der Waals surface area contributed by atoms with Crippen LogP contribution < -0.4 is 10.1 Å². The largest absolute Gasteiger partial charge is 0.470 e. The van der Waals surface area contributed by atoms with Crippen LogP contribution in [0.5, 0.6) is 5.75 Å². The van der Waals surface area contributed by atoms with Gasteiger partial charge in [-0.3, -0.25) is 10.1 Å². The Balaban J connectivity index is 1.62. The standard InChI is InChI=1S/C16H14Cl2N4O2S/c1-9-10(2)25-16(19-9)20-15(23)13-5-6-22(21-13)8-24-14-4-3-11(17)7-12(14)18/h3-7H,8H2,1-2H3,(H,19,20,23). The molecule has 0 aliphatic carbocycles. The number of aromatic nitrogens is 3. The first-order chi connectivity index (χ1) is 11.9. The van der Waals surface area contributed by atoms with Crippen LogP contribution in [-0.2, 0) is 6.73 Å². The summed E-state index contributed by atoms with van der Waals surface area (Å²) in [5.41, 5.74) is 1.18. The maximum atomic E-state index is 12.2. The van der Waals surface area contributed by atoms with Crippen molar-refractivity contribution in [3.05, 3.63) is 56.8 Å². The summed E-state index contributed by atoms with van der Waals surface area (Å²) in [6.45, 7) is 3.97. The van der Waals surface area contributed by atoms with Crippen LogP contribution in [0.4, 0.5) is 5.13 Å². The Hall–Kier alpha value is -2.09. The number of nitrogens with zero attached hydrogens (tertiary/aromatic N) is 3. The van der Waals surface area contributed by atoms with Gasteiger partial charge in [0.25, 0.3) is 5.91 Å². The van der Waals surface area contributed by atoms with E-state index in [2.05, 4.69) is 15.4 Å². The number of anilines is 1. The highest BCUT2D eigenvalue weighted by molar-refractivity contribution is 7.15. The highest BCUT2D eigenvalue weighted by atomic mass is 35.5. The Kier molecular flexibility index (Phi) is 5.27. The average Bonchev–Trinajstić information content (AvgIpc) is 3.14. The summed E-state index contributed by atoms with van der Waals surface area (Å²) < 4.78 is 7.07. The molecule has 0 aliphatic heterocycles. The second kappa shape index (κ2) is 7.43. The number of hydrogen-bond donors (Lipinski definition) is 1. The van der Waals surface area contributed by atoms with Crippen molar-refractivity contribution in [2.24, 2.45) is 0 Å². The zero-order valence-electron chi connectivity index (χ0n) is 13.4. The first-order valence-electron chi connectivity index (χ1n) is 7.29. The van der Waals surface area contributed by atoms with Gasteiger partial charge in [-0.15, -0.1) is 11.3 Å². The zero-order valence-corrected chi connectivity index (χ0v) is 15.7. The normalized spacial score (nSPS) is 10.7. The van der Waals surface area contributed by atoms with E-state index in [0.29, 0.717) is 20.9 Å². The molecule has 0 saturated heterocycles. The van der Waals surface area contributed by atoms with Gasteiger partial charge in [0, 0.05) is 16.1 Å². The van der Waals surface area contributed by atoms with E-state index in [0.717, 1.165) is 10.6 Å². The molecule has 0 spiro atoms. The highest BCUT2D eigenvalue weighted by Crippen LogP contribution is 2.27. The molecule has 0 unspecified atom stereocenters. The second-order valence-corrected chi connectivity index (χ2v) is 7.25. The fourth-order valence-corrected chi connectivity index (χ4v) is 3.24. The van der Waals surface area contributed by atoms with Gasteiger partial charge in [-0.25, -0.2) is 9.67 Å². The predicted molar refractivity (Wildman–Crippen MR) is 98.9 cm³/mol. The molecule has 0 fully saturated rings. The number of carbonyl (C=O) groups excluding carboxylic acids is 1. The molecular formula is C16H14Cl2N4O2S. The fourth-order valence-electron chi connectivity index (χ4n) is 1.97. The molecule has 0 radical (unpaired) electrons. The number of hydrogen-bond acceptors (Lipinski definition) is 5. The first kappa shape index (κ1) is 17.7. The molecule has 1 aromatic carbocycles. The van der Waals surface area contributed by atoms with Crippen molar-refractivity contribution in [2.45, 2.75) is 20.6 Å². The first-order valence-corrected chi connectivity index (χ1v) is 8.86. The number of nitrogens with one attached hydrogen (secondary N) is 1. The van der Waals surface area contributed by atoms with E-state index in [1.54, 1.807) is 30.5 Å². The van der Waals surface area contributed by atoms with Crippen molar-refractivity contribution in [1.29, 1.82) is 0 Å². The lowest BCUT2D eigenvalue weighted by molar-refractivity contribution is 0.102. The van der Waals surface area contributed by atoms with Crippen molar-refractivity contribution in [1.82, 2.24) is 14.8 Å². The van der Waals surface area contributed by atoms with E-state index in [-0.39, 0.29) is 18.3 Å². The lowest BCUT2D eigenvalue weighted by atomic mass is 10.3. The third kappa shape index (κ3) is 4.31. The van der Waals surface area contributed by atoms with E-state index >= 15 is 0 Å². The van der Waals surface area contributed by atoms with Crippen molar-refractivity contribution in [3.8, 4) is 5.75 Å². The minimum absolute atomic E-state index is 0.115. The van der Waals surface area contributed by atoms with Crippen LogP contribution >= 0.6 is 34.5 Å². The summed E-state index contributed by atoms with van der Waals surface area (Å²) in [6, 6.07) is 6.56. The summed E-state index contributed by atoms with van der Waals surface area (Å²) in [5.74, 6) is 0.165. The zero-order chi connectivity index (χ0) is 18.0. The quantitative estimate of drug-likeness (QED) is 0.686. The monoisotopic (exact) mass is 396 g/mol. The summed E-state index contributed by atoms with van der Waals surface area (Å²) in [5, 5.41) is 8.42. The number of thiazole rings is 1. The SMILES string of the molecule is Cc1nc(NC(=O)c2ccn(COc3ccc(Cl)cc3Cl)n2)sc1C. The summed E-state index contributed by atoms with van der Waals surface area (Å²) in [6.07, 6.45) is 1.65. The van der Waals surface area contributed by atoms with Gasteiger partial charge in [0.2, 0.25) is 0 Å². The van der Waals surface area contributed by atoms with E-state index in [4.69, 9.17) is 27.9 Å².